The summed E-state index contributed by atoms with van der Waals surface area (Å²) in [7, 11) is 0. The van der Waals surface area contributed by atoms with Gasteiger partial charge in [0.1, 0.15) is 6.04 Å². The van der Waals surface area contributed by atoms with E-state index in [-0.39, 0.29) is 18.0 Å². The maximum absolute atomic E-state index is 12.3. The first-order chi connectivity index (χ1) is 8.68. The second-order valence-corrected chi connectivity index (χ2v) is 4.71. The van der Waals surface area contributed by atoms with Crippen molar-refractivity contribution in [1.82, 2.24) is 10.2 Å². The van der Waals surface area contributed by atoms with Crippen LogP contribution in [-0.2, 0) is 4.79 Å². The van der Waals surface area contributed by atoms with Crippen molar-refractivity contribution in [3.63, 3.8) is 0 Å². The van der Waals surface area contributed by atoms with Crippen molar-refractivity contribution in [2.24, 2.45) is 0 Å². The number of anilines is 1. The fourth-order valence-corrected chi connectivity index (χ4v) is 2.53. The van der Waals surface area contributed by atoms with E-state index in [0.717, 1.165) is 12.1 Å². The molecule has 2 aliphatic heterocycles. The van der Waals surface area contributed by atoms with Crippen LogP contribution in [0.1, 0.15) is 5.56 Å². The van der Waals surface area contributed by atoms with Crippen molar-refractivity contribution in [2.75, 3.05) is 24.5 Å². The normalized spacial score (nSPS) is 23.5. The minimum atomic E-state index is -0.341. The second-order valence-electron chi connectivity index (χ2n) is 4.71. The summed E-state index contributed by atoms with van der Waals surface area (Å²) >= 11 is 0. The minimum Gasteiger partial charge on any atom is -0.312 e. The van der Waals surface area contributed by atoms with Crippen LogP contribution in [-0.4, -0.2) is 42.5 Å². The number of aryl methyl sites for hydroxylation is 1. The van der Waals surface area contributed by atoms with Crippen molar-refractivity contribution in [3.8, 4) is 0 Å². The molecule has 0 bridgehead atoms. The molecule has 0 radical (unpaired) electrons. The van der Waals surface area contributed by atoms with Gasteiger partial charge in [-0.3, -0.25) is 4.79 Å². The fraction of sp³-hybridized carbons (Fsp3) is 0.385. The lowest BCUT2D eigenvalue weighted by Crippen LogP contribution is -2.51. The molecule has 0 saturated carbocycles. The Bertz CT molecular complexity index is 491. The number of amides is 3. The molecule has 1 N–H and O–H groups in total. The van der Waals surface area contributed by atoms with Gasteiger partial charge < -0.3 is 10.2 Å². The molecule has 2 aliphatic rings. The van der Waals surface area contributed by atoms with E-state index in [1.54, 1.807) is 11.0 Å². The first-order valence-electron chi connectivity index (χ1n) is 6.10. The first-order valence-corrected chi connectivity index (χ1v) is 6.10. The number of urea groups is 1. The molecule has 2 heterocycles. The summed E-state index contributed by atoms with van der Waals surface area (Å²) in [5.74, 6) is -0.127. The molecule has 0 spiro atoms. The average Bonchev–Trinajstić information content (AvgIpc) is 2.63. The van der Waals surface area contributed by atoms with Gasteiger partial charge in [-0.25, -0.2) is 9.69 Å². The highest BCUT2D eigenvalue weighted by molar-refractivity contribution is 6.21. The Balaban J connectivity index is 1.97. The molecule has 2 fully saturated rings. The molecule has 18 heavy (non-hydrogen) atoms. The Morgan fingerprint density at radius 1 is 1.33 bits per heavy atom. The largest absolute Gasteiger partial charge is 0.332 e. The van der Waals surface area contributed by atoms with E-state index in [1.807, 2.05) is 25.1 Å². The van der Waals surface area contributed by atoms with Crippen LogP contribution in [0.5, 0.6) is 0 Å². The maximum atomic E-state index is 12.3. The van der Waals surface area contributed by atoms with Gasteiger partial charge in [0.05, 0.1) is 5.69 Å². The maximum Gasteiger partial charge on any atom is 0.332 e. The quantitative estimate of drug-likeness (QED) is 0.742. The number of rotatable bonds is 1. The van der Waals surface area contributed by atoms with Gasteiger partial charge in [0.2, 0.25) is 0 Å². The monoisotopic (exact) mass is 245 g/mol. The number of carbonyl (C=O) groups is 2. The number of piperazine rings is 1. The molecule has 2 saturated heterocycles. The van der Waals surface area contributed by atoms with E-state index in [0.29, 0.717) is 18.8 Å². The molecular formula is C13H15N3O2. The van der Waals surface area contributed by atoms with Gasteiger partial charge in [-0.05, 0) is 24.6 Å². The van der Waals surface area contributed by atoms with Crippen molar-refractivity contribution < 1.29 is 9.59 Å². The predicted molar refractivity (Wildman–Crippen MR) is 67.4 cm³/mol. The Morgan fingerprint density at radius 2 is 2.17 bits per heavy atom. The van der Waals surface area contributed by atoms with Crippen LogP contribution in [0.4, 0.5) is 10.5 Å². The van der Waals surface area contributed by atoms with Gasteiger partial charge in [-0.15, -0.1) is 0 Å². The smallest absolute Gasteiger partial charge is 0.312 e. The Morgan fingerprint density at radius 3 is 2.89 bits per heavy atom. The van der Waals surface area contributed by atoms with Crippen LogP contribution in [0, 0.1) is 6.92 Å². The molecule has 1 unspecified atom stereocenters. The summed E-state index contributed by atoms with van der Waals surface area (Å²) in [6, 6.07) is 6.93. The zero-order valence-corrected chi connectivity index (χ0v) is 10.2. The number of nitrogens with zero attached hydrogens (tertiary/aromatic N) is 2. The number of carbonyl (C=O) groups excluding carboxylic acids is 2. The van der Waals surface area contributed by atoms with E-state index in [9.17, 15) is 9.59 Å². The minimum absolute atomic E-state index is 0.127. The third kappa shape index (κ3) is 1.59. The van der Waals surface area contributed by atoms with E-state index >= 15 is 0 Å². The summed E-state index contributed by atoms with van der Waals surface area (Å²) < 4.78 is 0. The second kappa shape index (κ2) is 4.10. The van der Waals surface area contributed by atoms with Crippen LogP contribution < -0.4 is 10.2 Å². The lowest BCUT2D eigenvalue weighted by molar-refractivity contribution is -0.119. The fourth-order valence-electron chi connectivity index (χ4n) is 2.53. The number of nitrogens with one attached hydrogen (secondary N) is 1. The van der Waals surface area contributed by atoms with Crippen LogP contribution in [0.25, 0.3) is 0 Å². The molecule has 0 aromatic heterocycles. The van der Waals surface area contributed by atoms with Gasteiger partial charge >= 0.3 is 6.03 Å². The number of benzene rings is 1. The average molecular weight is 245 g/mol. The summed E-state index contributed by atoms with van der Waals surface area (Å²) in [5.41, 5.74) is 1.70. The predicted octanol–water partition coefficient (Wildman–Crippen LogP) is 0.735. The molecule has 5 heteroatoms. The molecular weight excluding hydrogens is 230 g/mol. The van der Waals surface area contributed by atoms with Gasteiger partial charge in [0.15, 0.2) is 0 Å². The SMILES string of the molecule is Cc1cccc(N2C(=O)C3CNCCN3C2=O)c1. The highest BCUT2D eigenvalue weighted by atomic mass is 16.2. The van der Waals surface area contributed by atoms with Gasteiger partial charge in [0.25, 0.3) is 5.91 Å². The Kier molecular flexibility index (Phi) is 2.56. The highest BCUT2D eigenvalue weighted by Gasteiger charge is 2.46. The molecule has 3 rings (SSSR count). The van der Waals surface area contributed by atoms with Gasteiger partial charge in [-0.2, -0.15) is 0 Å². The molecule has 5 nitrogen and oxygen atoms in total. The molecule has 0 aliphatic carbocycles. The van der Waals surface area contributed by atoms with E-state index in [2.05, 4.69) is 5.32 Å². The third-order valence-corrected chi connectivity index (χ3v) is 3.45. The lowest BCUT2D eigenvalue weighted by atomic mass is 10.2. The zero-order valence-electron chi connectivity index (χ0n) is 10.2. The van der Waals surface area contributed by atoms with Gasteiger partial charge in [0, 0.05) is 19.6 Å². The van der Waals surface area contributed by atoms with Gasteiger partial charge in [-0.1, -0.05) is 12.1 Å². The molecule has 1 aromatic carbocycles. The van der Waals surface area contributed by atoms with E-state index in [4.69, 9.17) is 0 Å². The molecule has 94 valence electrons. The van der Waals surface area contributed by atoms with Crippen molar-refractivity contribution in [2.45, 2.75) is 13.0 Å². The van der Waals surface area contributed by atoms with Crippen LogP contribution in [0.2, 0.25) is 0 Å². The topological polar surface area (TPSA) is 52.7 Å². The first kappa shape index (κ1) is 11.2. The van der Waals surface area contributed by atoms with Crippen molar-refractivity contribution >= 4 is 17.6 Å². The standard InChI is InChI=1S/C13H15N3O2/c1-9-3-2-4-10(7-9)16-12(17)11-8-14-5-6-15(11)13(16)18/h2-4,7,11,14H,5-6,8H2,1H3. The number of imide groups is 1. The summed E-state index contributed by atoms with van der Waals surface area (Å²) in [6.07, 6.45) is 0. The number of fused-ring (bicyclic) bond motifs is 1. The number of hydrogen-bond donors (Lipinski definition) is 1. The highest BCUT2D eigenvalue weighted by Crippen LogP contribution is 2.26. The molecule has 1 atom stereocenters. The summed E-state index contributed by atoms with van der Waals surface area (Å²) in [4.78, 5) is 27.5. The van der Waals surface area contributed by atoms with Crippen molar-refractivity contribution in [3.05, 3.63) is 29.8 Å². The summed E-state index contributed by atoms with van der Waals surface area (Å²) in [6.45, 7) is 3.84. The van der Waals surface area contributed by atoms with Crippen LogP contribution in [0.3, 0.4) is 0 Å². The summed E-state index contributed by atoms with van der Waals surface area (Å²) in [5, 5.41) is 3.15. The molecule has 3 amide bonds. The van der Waals surface area contributed by atoms with E-state index in [1.165, 1.54) is 4.90 Å². The lowest BCUT2D eigenvalue weighted by Gasteiger charge is -2.26. The number of hydrogen-bond acceptors (Lipinski definition) is 3. The Hall–Kier alpha value is -1.88. The third-order valence-electron chi connectivity index (χ3n) is 3.45. The van der Waals surface area contributed by atoms with E-state index < -0.39 is 0 Å². The molecule has 1 aromatic rings. The van der Waals surface area contributed by atoms with Crippen molar-refractivity contribution in [1.29, 1.82) is 0 Å². The zero-order chi connectivity index (χ0) is 12.7. The van der Waals surface area contributed by atoms with Crippen LogP contribution >= 0.6 is 0 Å². The Labute approximate surface area is 105 Å². The van der Waals surface area contributed by atoms with Crippen LogP contribution in [0.15, 0.2) is 24.3 Å².